The van der Waals surface area contributed by atoms with Gasteiger partial charge >= 0.3 is 0 Å². The lowest BCUT2D eigenvalue weighted by Gasteiger charge is -2.21. The third-order valence-electron chi connectivity index (χ3n) is 2.97. The minimum atomic E-state index is -0.00607. The van der Waals surface area contributed by atoms with Crippen molar-refractivity contribution in [2.45, 2.75) is 12.8 Å². The summed E-state index contributed by atoms with van der Waals surface area (Å²) in [7, 11) is 1.61. The molecular formula is C13H15BrO3. The first-order valence-electron chi connectivity index (χ1n) is 5.68. The Hall–Kier alpha value is -0.870. The van der Waals surface area contributed by atoms with Gasteiger partial charge in [-0.15, -0.1) is 0 Å². The van der Waals surface area contributed by atoms with Crippen LogP contribution in [0.2, 0.25) is 0 Å². The van der Waals surface area contributed by atoms with Gasteiger partial charge in [-0.05, 0) is 47.0 Å². The van der Waals surface area contributed by atoms with Gasteiger partial charge in [-0.1, -0.05) is 0 Å². The summed E-state index contributed by atoms with van der Waals surface area (Å²) in [5, 5.41) is 0. The molecule has 1 aliphatic rings. The van der Waals surface area contributed by atoms with E-state index in [1.807, 2.05) is 12.1 Å². The Morgan fingerprint density at radius 2 is 2.35 bits per heavy atom. The normalized spacial score (nSPS) is 20.0. The Kier molecular flexibility index (Phi) is 4.18. The Morgan fingerprint density at radius 1 is 1.53 bits per heavy atom. The molecule has 1 fully saturated rings. The van der Waals surface area contributed by atoms with E-state index in [2.05, 4.69) is 15.9 Å². The molecule has 1 atom stereocenters. The van der Waals surface area contributed by atoms with E-state index in [0.29, 0.717) is 12.2 Å². The van der Waals surface area contributed by atoms with Crippen LogP contribution in [0.1, 0.15) is 23.2 Å². The van der Waals surface area contributed by atoms with E-state index in [-0.39, 0.29) is 11.7 Å². The van der Waals surface area contributed by atoms with E-state index in [1.165, 1.54) is 0 Å². The number of rotatable bonds is 3. The Balaban J connectivity index is 2.18. The molecular weight excluding hydrogens is 284 g/mol. The zero-order chi connectivity index (χ0) is 12.3. The second-order valence-corrected chi connectivity index (χ2v) is 4.98. The average Bonchev–Trinajstić information content (AvgIpc) is 2.39. The molecule has 2 rings (SSSR count). The highest BCUT2D eigenvalue weighted by molar-refractivity contribution is 9.10. The summed E-state index contributed by atoms with van der Waals surface area (Å²) in [4.78, 5) is 12.3. The Bertz CT molecular complexity index is 411. The lowest BCUT2D eigenvalue weighted by Crippen LogP contribution is -2.25. The molecule has 0 saturated carbocycles. The van der Waals surface area contributed by atoms with Crippen molar-refractivity contribution in [2.75, 3.05) is 20.3 Å². The van der Waals surface area contributed by atoms with Crippen molar-refractivity contribution in [3.63, 3.8) is 0 Å². The van der Waals surface area contributed by atoms with Gasteiger partial charge in [-0.25, -0.2) is 0 Å². The molecule has 1 unspecified atom stereocenters. The molecule has 3 nitrogen and oxygen atoms in total. The van der Waals surface area contributed by atoms with Crippen LogP contribution in [0.5, 0.6) is 5.75 Å². The number of carbonyl (C=O) groups excluding carboxylic acids is 1. The molecule has 1 saturated heterocycles. The van der Waals surface area contributed by atoms with Gasteiger partial charge in [-0.3, -0.25) is 4.79 Å². The summed E-state index contributed by atoms with van der Waals surface area (Å²) >= 11 is 3.41. The zero-order valence-corrected chi connectivity index (χ0v) is 11.3. The predicted octanol–water partition coefficient (Wildman–Crippen LogP) is 3.07. The van der Waals surface area contributed by atoms with Crippen LogP contribution >= 0.6 is 15.9 Å². The second-order valence-electron chi connectivity index (χ2n) is 4.12. The van der Waals surface area contributed by atoms with Crippen LogP contribution < -0.4 is 4.74 Å². The first-order chi connectivity index (χ1) is 8.22. The van der Waals surface area contributed by atoms with Crippen molar-refractivity contribution < 1.29 is 14.3 Å². The molecule has 4 heteroatoms. The fraction of sp³-hybridized carbons (Fsp3) is 0.462. The quantitative estimate of drug-likeness (QED) is 0.805. The van der Waals surface area contributed by atoms with Crippen LogP contribution in [0.25, 0.3) is 0 Å². The lowest BCUT2D eigenvalue weighted by molar-refractivity contribution is 0.0461. The molecule has 17 heavy (non-hydrogen) atoms. The first kappa shape index (κ1) is 12.6. The highest BCUT2D eigenvalue weighted by atomic mass is 79.9. The van der Waals surface area contributed by atoms with E-state index in [4.69, 9.17) is 9.47 Å². The smallest absolute Gasteiger partial charge is 0.169 e. The second kappa shape index (κ2) is 5.65. The van der Waals surface area contributed by atoms with Crippen LogP contribution in [-0.4, -0.2) is 26.1 Å². The van der Waals surface area contributed by atoms with Gasteiger partial charge in [0.05, 0.1) is 13.7 Å². The Labute approximate surface area is 109 Å². The summed E-state index contributed by atoms with van der Waals surface area (Å²) in [6.07, 6.45) is 1.88. The van der Waals surface area contributed by atoms with Gasteiger partial charge < -0.3 is 9.47 Å². The van der Waals surface area contributed by atoms with Crippen LogP contribution in [0.15, 0.2) is 22.7 Å². The molecule has 0 N–H and O–H groups in total. The third kappa shape index (κ3) is 2.87. The maximum Gasteiger partial charge on any atom is 0.169 e. The highest BCUT2D eigenvalue weighted by Crippen LogP contribution is 2.27. The zero-order valence-electron chi connectivity index (χ0n) is 9.74. The van der Waals surface area contributed by atoms with Crippen molar-refractivity contribution >= 4 is 21.7 Å². The van der Waals surface area contributed by atoms with Crippen molar-refractivity contribution in [1.29, 1.82) is 0 Å². The summed E-state index contributed by atoms with van der Waals surface area (Å²) in [6.45, 7) is 1.31. The minimum absolute atomic E-state index is 0.00607. The largest absolute Gasteiger partial charge is 0.497 e. The average molecular weight is 299 g/mol. The summed E-state index contributed by atoms with van der Waals surface area (Å²) in [6, 6.07) is 5.43. The monoisotopic (exact) mass is 298 g/mol. The van der Waals surface area contributed by atoms with Crippen LogP contribution in [0, 0.1) is 5.92 Å². The molecule has 1 aromatic carbocycles. The molecule has 0 spiro atoms. The maximum absolute atomic E-state index is 12.3. The number of hydrogen-bond acceptors (Lipinski definition) is 3. The van der Waals surface area contributed by atoms with Crippen LogP contribution in [0.3, 0.4) is 0 Å². The minimum Gasteiger partial charge on any atom is -0.497 e. The number of hydrogen-bond donors (Lipinski definition) is 0. The maximum atomic E-state index is 12.3. The van der Waals surface area contributed by atoms with Gasteiger partial charge in [0.1, 0.15) is 5.75 Å². The number of carbonyl (C=O) groups is 1. The number of methoxy groups -OCH3 is 1. The molecule has 0 aromatic heterocycles. The summed E-state index contributed by atoms with van der Waals surface area (Å²) in [5.41, 5.74) is 0.710. The standard InChI is InChI=1S/C13H15BrO3/c1-16-10-4-5-11(12(14)7-10)13(15)9-3-2-6-17-8-9/h4-5,7,9H,2-3,6,8H2,1H3. The molecule has 92 valence electrons. The number of halogens is 1. The van der Waals surface area contributed by atoms with E-state index in [1.54, 1.807) is 13.2 Å². The van der Waals surface area contributed by atoms with Gasteiger partial charge in [0.25, 0.3) is 0 Å². The molecule has 1 aliphatic heterocycles. The third-order valence-corrected chi connectivity index (χ3v) is 3.63. The number of ketones is 1. The van der Waals surface area contributed by atoms with Crippen LogP contribution in [0.4, 0.5) is 0 Å². The Morgan fingerprint density at radius 3 is 2.94 bits per heavy atom. The first-order valence-corrected chi connectivity index (χ1v) is 6.47. The van der Waals surface area contributed by atoms with Crippen molar-refractivity contribution in [2.24, 2.45) is 5.92 Å². The van der Waals surface area contributed by atoms with Crippen LogP contribution in [-0.2, 0) is 4.74 Å². The summed E-state index contributed by atoms with van der Waals surface area (Å²) in [5.74, 6) is 0.890. The molecule has 0 aliphatic carbocycles. The topological polar surface area (TPSA) is 35.5 Å². The molecule has 1 aromatic rings. The highest BCUT2D eigenvalue weighted by Gasteiger charge is 2.24. The SMILES string of the molecule is COc1ccc(C(=O)C2CCCOC2)c(Br)c1. The number of ether oxygens (including phenoxy) is 2. The predicted molar refractivity (Wildman–Crippen MR) is 68.6 cm³/mol. The van der Waals surface area contributed by atoms with Gasteiger partial charge in [0, 0.05) is 22.6 Å². The van der Waals surface area contributed by atoms with Crippen molar-refractivity contribution in [3.8, 4) is 5.75 Å². The molecule has 0 radical (unpaired) electrons. The fourth-order valence-corrected chi connectivity index (χ4v) is 2.54. The van der Waals surface area contributed by atoms with E-state index < -0.39 is 0 Å². The fourth-order valence-electron chi connectivity index (χ4n) is 1.99. The molecule has 1 heterocycles. The number of benzene rings is 1. The van der Waals surface area contributed by atoms with Gasteiger partial charge in [0.2, 0.25) is 0 Å². The van der Waals surface area contributed by atoms with Crippen molar-refractivity contribution in [3.05, 3.63) is 28.2 Å². The van der Waals surface area contributed by atoms with E-state index >= 15 is 0 Å². The number of Topliss-reactive ketones (excluding diaryl/α,β-unsaturated/α-hetero) is 1. The van der Waals surface area contributed by atoms with Crippen molar-refractivity contribution in [1.82, 2.24) is 0 Å². The van der Waals surface area contributed by atoms with E-state index in [0.717, 1.165) is 29.7 Å². The van der Waals surface area contributed by atoms with Gasteiger partial charge in [-0.2, -0.15) is 0 Å². The molecule has 0 bridgehead atoms. The molecule has 0 amide bonds. The summed E-state index contributed by atoms with van der Waals surface area (Å²) < 4.78 is 11.2. The lowest BCUT2D eigenvalue weighted by atomic mass is 9.93. The van der Waals surface area contributed by atoms with Gasteiger partial charge in [0.15, 0.2) is 5.78 Å². The van der Waals surface area contributed by atoms with E-state index in [9.17, 15) is 4.79 Å².